The first-order valence-electron chi connectivity index (χ1n) is 6.21. The molecule has 106 valence electrons. The average Bonchev–Trinajstić information content (AvgIpc) is 2.45. The third-order valence-corrected chi connectivity index (χ3v) is 3.75. The fourth-order valence-corrected chi connectivity index (χ4v) is 2.63. The Hall–Kier alpha value is -2.34. The molecule has 1 aliphatic heterocycles. The van der Waals surface area contributed by atoms with Gasteiger partial charge in [0.15, 0.2) is 12.4 Å². The lowest BCUT2D eigenvalue weighted by Crippen LogP contribution is -2.25. The van der Waals surface area contributed by atoms with E-state index in [0.29, 0.717) is 32.7 Å². The average molecular weight is 347 g/mol. The molecule has 21 heavy (non-hydrogen) atoms. The second kappa shape index (κ2) is 5.21. The quantitative estimate of drug-likeness (QED) is 0.646. The van der Waals surface area contributed by atoms with Crippen molar-refractivity contribution in [3.63, 3.8) is 0 Å². The van der Waals surface area contributed by atoms with Crippen LogP contribution in [0, 0.1) is 0 Å². The number of hydrogen-bond acceptors (Lipinski definition) is 4. The first-order chi connectivity index (χ1) is 10.0. The zero-order valence-electron chi connectivity index (χ0n) is 10.9. The van der Waals surface area contributed by atoms with Crippen LogP contribution in [0.15, 0.2) is 40.9 Å². The number of rotatable bonds is 2. The van der Waals surface area contributed by atoms with Crippen molar-refractivity contribution in [2.75, 3.05) is 17.7 Å². The molecule has 3 rings (SSSR count). The minimum atomic E-state index is -0.218. The van der Waals surface area contributed by atoms with Crippen molar-refractivity contribution in [2.45, 2.75) is 0 Å². The van der Waals surface area contributed by atoms with Gasteiger partial charge in [-0.15, -0.1) is 0 Å². The molecule has 2 aromatic carbocycles. The highest BCUT2D eigenvalue weighted by atomic mass is 79.9. The topological polar surface area (TPSA) is 81.4 Å². The van der Waals surface area contributed by atoms with Gasteiger partial charge in [0.05, 0.1) is 5.69 Å². The maximum atomic E-state index is 12.5. The molecule has 0 spiro atoms. The smallest absolute Gasteiger partial charge is 0.262 e. The van der Waals surface area contributed by atoms with Gasteiger partial charge in [0, 0.05) is 21.3 Å². The van der Waals surface area contributed by atoms with Gasteiger partial charge >= 0.3 is 0 Å². The van der Waals surface area contributed by atoms with Crippen LogP contribution in [0.2, 0.25) is 0 Å². The van der Waals surface area contributed by atoms with E-state index in [4.69, 9.17) is 10.5 Å². The molecule has 1 amide bonds. The van der Waals surface area contributed by atoms with Gasteiger partial charge in [0.1, 0.15) is 5.75 Å². The van der Waals surface area contributed by atoms with Crippen molar-refractivity contribution in [2.24, 2.45) is 0 Å². The normalized spacial score (nSPS) is 13.1. The van der Waals surface area contributed by atoms with E-state index in [1.807, 2.05) is 0 Å². The summed E-state index contributed by atoms with van der Waals surface area (Å²) in [7, 11) is 0. The molecule has 0 unspecified atom stereocenters. The summed E-state index contributed by atoms with van der Waals surface area (Å²) < 4.78 is 5.91. The summed E-state index contributed by atoms with van der Waals surface area (Å²) in [5.74, 6) is 0.0897. The van der Waals surface area contributed by atoms with Crippen molar-refractivity contribution in [1.29, 1.82) is 0 Å². The van der Waals surface area contributed by atoms with Crippen LogP contribution in [0.1, 0.15) is 15.9 Å². The number of nitrogen functional groups attached to an aromatic ring is 1. The number of carbonyl (C=O) groups excluding carboxylic acids is 2. The van der Waals surface area contributed by atoms with Crippen molar-refractivity contribution in [3.05, 3.63) is 52.0 Å². The van der Waals surface area contributed by atoms with Crippen LogP contribution in [0.25, 0.3) is 0 Å². The Morgan fingerprint density at radius 3 is 2.86 bits per heavy atom. The van der Waals surface area contributed by atoms with Crippen molar-refractivity contribution < 1.29 is 14.3 Å². The third-order valence-electron chi connectivity index (χ3n) is 3.10. The van der Waals surface area contributed by atoms with E-state index in [2.05, 4.69) is 21.2 Å². The van der Waals surface area contributed by atoms with E-state index in [1.54, 1.807) is 36.4 Å². The first-order valence-corrected chi connectivity index (χ1v) is 7.00. The van der Waals surface area contributed by atoms with Crippen LogP contribution in [0.5, 0.6) is 5.75 Å². The summed E-state index contributed by atoms with van der Waals surface area (Å²) in [5.41, 5.74) is 7.72. The Morgan fingerprint density at radius 1 is 1.29 bits per heavy atom. The van der Waals surface area contributed by atoms with E-state index in [1.165, 1.54) is 0 Å². The summed E-state index contributed by atoms with van der Waals surface area (Å²) in [5, 5.41) is 2.69. The minimum Gasteiger partial charge on any atom is -0.482 e. The monoisotopic (exact) mass is 346 g/mol. The van der Waals surface area contributed by atoms with Crippen LogP contribution < -0.4 is 15.8 Å². The number of halogens is 1. The number of amides is 1. The molecule has 5 nitrogen and oxygen atoms in total. The fraction of sp³-hybridized carbons (Fsp3) is 0.0667. The zero-order chi connectivity index (χ0) is 15.0. The van der Waals surface area contributed by atoms with Crippen LogP contribution >= 0.6 is 15.9 Å². The first kappa shape index (κ1) is 13.6. The number of nitrogens with two attached hydrogens (primary N) is 1. The van der Waals surface area contributed by atoms with Crippen LogP contribution in [0.4, 0.5) is 11.4 Å². The van der Waals surface area contributed by atoms with E-state index >= 15 is 0 Å². The van der Waals surface area contributed by atoms with Crippen LogP contribution in [-0.4, -0.2) is 18.3 Å². The molecule has 0 aliphatic carbocycles. The fourth-order valence-electron chi connectivity index (χ4n) is 2.11. The molecule has 0 atom stereocenters. The molecule has 0 fully saturated rings. The van der Waals surface area contributed by atoms with Crippen molar-refractivity contribution in [1.82, 2.24) is 0 Å². The van der Waals surface area contributed by atoms with E-state index in [9.17, 15) is 9.59 Å². The molecule has 0 saturated carbocycles. The lowest BCUT2D eigenvalue weighted by atomic mass is 10.0. The summed E-state index contributed by atoms with van der Waals surface area (Å²) >= 11 is 3.35. The number of ketones is 1. The largest absolute Gasteiger partial charge is 0.482 e. The number of ether oxygens (including phenoxy) is 1. The van der Waals surface area contributed by atoms with E-state index < -0.39 is 0 Å². The van der Waals surface area contributed by atoms with Crippen LogP contribution in [-0.2, 0) is 4.79 Å². The standard InChI is InChI=1S/C15H11BrN2O3/c16-11-6-12-13(21-7-14(19)18-12)5-10(11)15(20)8-2-1-3-9(17)4-8/h1-6H,7,17H2,(H,18,19). The highest BCUT2D eigenvalue weighted by Crippen LogP contribution is 2.34. The molecule has 0 bridgehead atoms. The molecular weight excluding hydrogens is 336 g/mol. The van der Waals surface area contributed by atoms with Gasteiger partial charge in [0.25, 0.3) is 5.91 Å². The van der Waals surface area contributed by atoms with Gasteiger partial charge in [-0.25, -0.2) is 0 Å². The van der Waals surface area contributed by atoms with Gasteiger partial charge in [-0.05, 0) is 40.2 Å². The predicted molar refractivity (Wildman–Crippen MR) is 82.6 cm³/mol. The predicted octanol–water partition coefficient (Wildman–Crippen LogP) is 2.59. The van der Waals surface area contributed by atoms with Gasteiger partial charge < -0.3 is 15.8 Å². The minimum absolute atomic E-state index is 0.0550. The zero-order valence-corrected chi connectivity index (χ0v) is 12.4. The lowest BCUT2D eigenvalue weighted by Gasteiger charge is -2.19. The molecule has 3 N–H and O–H groups in total. The van der Waals surface area contributed by atoms with Crippen LogP contribution in [0.3, 0.4) is 0 Å². The number of anilines is 2. The third kappa shape index (κ3) is 2.62. The molecule has 1 heterocycles. The summed E-state index contributed by atoms with van der Waals surface area (Å²) in [4.78, 5) is 23.8. The summed E-state index contributed by atoms with van der Waals surface area (Å²) in [6.07, 6.45) is 0. The second-order valence-electron chi connectivity index (χ2n) is 4.62. The molecular formula is C15H11BrN2O3. The molecule has 0 radical (unpaired) electrons. The number of carbonyl (C=O) groups is 2. The highest BCUT2D eigenvalue weighted by molar-refractivity contribution is 9.10. The molecule has 6 heteroatoms. The molecule has 2 aromatic rings. The van der Waals surface area contributed by atoms with Gasteiger partial charge in [0.2, 0.25) is 0 Å². The Balaban J connectivity index is 2.03. The Morgan fingerprint density at radius 2 is 2.10 bits per heavy atom. The van der Waals surface area contributed by atoms with E-state index in [-0.39, 0.29) is 18.3 Å². The molecule has 1 aliphatic rings. The molecule has 0 aromatic heterocycles. The van der Waals surface area contributed by atoms with Crippen molar-refractivity contribution >= 4 is 39.0 Å². The van der Waals surface area contributed by atoms with E-state index in [0.717, 1.165) is 0 Å². The SMILES string of the molecule is Nc1cccc(C(=O)c2cc3c(cc2Br)NC(=O)CO3)c1. The van der Waals surface area contributed by atoms with Crippen molar-refractivity contribution in [3.8, 4) is 5.75 Å². The Labute approximate surface area is 129 Å². The number of benzene rings is 2. The lowest BCUT2D eigenvalue weighted by molar-refractivity contribution is -0.118. The summed E-state index contributed by atoms with van der Waals surface area (Å²) in [6, 6.07) is 10.0. The number of nitrogens with one attached hydrogen (secondary N) is 1. The maximum absolute atomic E-state index is 12.5. The van der Waals surface area contributed by atoms with Gasteiger partial charge in [-0.3, -0.25) is 9.59 Å². The van der Waals surface area contributed by atoms with Gasteiger partial charge in [-0.2, -0.15) is 0 Å². The highest BCUT2D eigenvalue weighted by Gasteiger charge is 2.21. The molecule has 0 saturated heterocycles. The second-order valence-corrected chi connectivity index (χ2v) is 5.47. The Bertz CT molecular complexity index is 759. The summed E-state index contributed by atoms with van der Waals surface area (Å²) in [6.45, 7) is -0.0550. The number of hydrogen-bond donors (Lipinski definition) is 2. The number of fused-ring (bicyclic) bond motifs is 1. The Kier molecular flexibility index (Phi) is 3.39. The van der Waals surface area contributed by atoms with Gasteiger partial charge in [-0.1, -0.05) is 12.1 Å². The maximum Gasteiger partial charge on any atom is 0.262 e.